The zero-order valence-electron chi connectivity index (χ0n) is 14.8. The number of likely N-dealkylation sites (N-methyl/N-ethyl adjacent to an activating group) is 1. The van der Waals surface area contributed by atoms with Crippen molar-refractivity contribution in [1.29, 1.82) is 0 Å². The second-order valence-corrected chi connectivity index (χ2v) is 6.16. The van der Waals surface area contributed by atoms with Crippen molar-refractivity contribution >= 4 is 41.9 Å². The topological polar surface area (TPSA) is 61.9 Å². The average Bonchev–Trinajstić information content (AvgIpc) is 2.46. The van der Waals surface area contributed by atoms with Crippen LogP contribution in [0.5, 0.6) is 5.75 Å². The number of rotatable bonds is 5. The van der Waals surface area contributed by atoms with Gasteiger partial charge in [0, 0.05) is 26.8 Å². The van der Waals surface area contributed by atoms with Crippen LogP contribution in [0.2, 0.25) is 0 Å². The third kappa shape index (κ3) is 5.54. The normalized spacial score (nSPS) is 11.5. The lowest BCUT2D eigenvalue weighted by Gasteiger charge is -2.23. The second-order valence-electron chi connectivity index (χ2n) is 5.94. The highest BCUT2D eigenvalue weighted by Gasteiger charge is 2.29. The van der Waals surface area contributed by atoms with Crippen LogP contribution in [0.25, 0.3) is 0 Å². The predicted molar refractivity (Wildman–Crippen MR) is 99.2 cm³/mol. The standard InChI is InChI=1S/C16H24ClN3O3.ClH/c1-10(2)14(18-17)15(21)20(6)16(22)23-12-7-8-13(19(4)5)11(3)9-12;/h7-10,14,18H,1-6H3;1H/t14-;/m0./s1. The number of nitrogens with zero attached hydrogens (tertiary/aromatic N) is 2. The number of hydrogen-bond acceptors (Lipinski definition) is 5. The van der Waals surface area contributed by atoms with E-state index in [2.05, 4.69) is 4.84 Å². The van der Waals surface area contributed by atoms with Crippen LogP contribution in [-0.2, 0) is 4.79 Å². The van der Waals surface area contributed by atoms with Gasteiger partial charge in [-0.25, -0.2) is 14.5 Å². The first-order valence-corrected chi connectivity index (χ1v) is 7.70. The van der Waals surface area contributed by atoms with Crippen LogP contribution in [0.3, 0.4) is 0 Å². The number of imide groups is 1. The Morgan fingerprint density at radius 1 is 1.21 bits per heavy atom. The highest BCUT2D eigenvalue weighted by atomic mass is 35.5. The maximum atomic E-state index is 12.2. The maximum absolute atomic E-state index is 12.2. The summed E-state index contributed by atoms with van der Waals surface area (Å²) in [6, 6.07) is 4.65. The van der Waals surface area contributed by atoms with E-state index in [1.807, 2.05) is 45.8 Å². The van der Waals surface area contributed by atoms with Gasteiger partial charge in [-0.2, -0.15) is 0 Å². The number of ether oxygens (including phenoxy) is 1. The molecule has 0 spiro atoms. The van der Waals surface area contributed by atoms with Crippen LogP contribution in [0.15, 0.2) is 18.2 Å². The molecule has 0 aliphatic rings. The highest BCUT2D eigenvalue weighted by molar-refractivity contribution is 6.15. The minimum atomic E-state index is -0.746. The summed E-state index contributed by atoms with van der Waals surface area (Å²) < 4.78 is 5.26. The number of benzene rings is 1. The largest absolute Gasteiger partial charge is 0.421 e. The molecule has 1 rings (SSSR count). The van der Waals surface area contributed by atoms with Gasteiger partial charge in [0.15, 0.2) is 0 Å². The van der Waals surface area contributed by atoms with Crippen molar-refractivity contribution in [3.05, 3.63) is 23.8 Å². The molecule has 0 saturated carbocycles. The Labute approximate surface area is 154 Å². The van der Waals surface area contributed by atoms with Crippen LogP contribution in [-0.4, -0.2) is 44.1 Å². The number of anilines is 1. The summed E-state index contributed by atoms with van der Waals surface area (Å²) >= 11 is 5.58. The van der Waals surface area contributed by atoms with E-state index in [-0.39, 0.29) is 18.3 Å². The van der Waals surface area contributed by atoms with Crippen LogP contribution >= 0.6 is 24.2 Å². The van der Waals surface area contributed by atoms with E-state index >= 15 is 0 Å². The summed E-state index contributed by atoms with van der Waals surface area (Å²) in [7, 11) is 5.24. The minimum absolute atomic E-state index is 0. The third-order valence-electron chi connectivity index (χ3n) is 3.51. The Kier molecular flexibility index (Phi) is 9.11. The number of halogens is 2. The Morgan fingerprint density at radius 2 is 1.79 bits per heavy atom. The van der Waals surface area contributed by atoms with E-state index in [9.17, 15) is 9.59 Å². The number of amides is 2. The van der Waals surface area contributed by atoms with E-state index in [0.29, 0.717) is 5.75 Å². The smallest absolute Gasteiger partial charge is 0.410 e. The molecule has 0 aliphatic heterocycles. The molecule has 6 nitrogen and oxygen atoms in total. The fraction of sp³-hybridized carbons (Fsp3) is 0.500. The van der Waals surface area contributed by atoms with E-state index in [1.165, 1.54) is 7.05 Å². The second kappa shape index (κ2) is 9.71. The Bertz CT molecular complexity index is 580. The fourth-order valence-electron chi connectivity index (χ4n) is 2.12. The zero-order chi connectivity index (χ0) is 17.7. The molecule has 1 N–H and O–H groups in total. The first-order chi connectivity index (χ1) is 10.7. The van der Waals surface area contributed by atoms with Gasteiger partial charge in [-0.15, -0.1) is 12.4 Å². The molecule has 136 valence electrons. The zero-order valence-corrected chi connectivity index (χ0v) is 16.4. The molecule has 0 aromatic heterocycles. The SMILES string of the molecule is Cc1cc(OC(=O)N(C)C(=O)[C@@H](NCl)C(C)C)ccc1N(C)C.Cl. The van der Waals surface area contributed by atoms with Crippen LogP contribution in [0.4, 0.5) is 10.5 Å². The quantitative estimate of drug-likeness (QED) is 0.798. The minimum Gasteiger partial charge on any atom is -0.410 e. The lowest BCUT2D eigenvalue weighted by atomic mass is 10.0. The molecule has 1 aromatic rings. The number of hydrogen-bond donors (Lipinski definition) is 1. The van der Waals surface area contributed by atoms with Crippen LogP contribution in [0, 0.1) is 12.8 Å². The molecule has 0 radical (unpaired) electrons. The van der Waals surface area contributed by atoms with E-state index < -0.39 is 18.0 Å². The molecule has 0 saturated heterocycles. The summed E-state index contributed by atoms with van der Waals surface area (Å²) in [5.74, 6) is -0.115. The van der Waals surface area contributed by atoms with Gasteiger partial charge in [0.05, 0.1) is 0 Å². The number of carbonyl (C=O) groups excluding carboxylic acids is 2. The van der Waals surface area contributed by atoms with Gasteiger partial charge in [-0.05, 0) is 48.4 Å². The van der Waals surface area contributed by atoms with Gasteiger partial charge in [0.1, 0.15) is 11.8 Å². The van der Waals surface area contributed by atoms with E-state index in [4.69, 9.17) is 16.5 Å². The molecular weight excluding hydrogens is 353 g/mol. The van der Waals surface area contributed by atoms with Gasteiger partial charge in [0.25, 0.3) is 0 Å². The molecule has 0 aliphatic carbocycles. The van der Waals surface area contributed by atoms with Crippen molar-refractivity contribution in [2.24, 2.45) is 5.92 Å². The maximum Gasteiger partial charge on any atom is 0.421 e. The Hall–Kier alpha value is -1.50. The molecule has 0 bridgehead atoms. The van der Waals surface area contributed by atoms with Crippen molar-refractivity contribution < 1.29 is 14.3 Å². The molecule has 0 unspecified atom stereocenters. The predicted octanol–water partition coefficient (Wildman–Crippen LogP) is 3.21. The highest BCUT2D eigenvalue weighted by Crippen LogP contribution is 2.23. The van der Waals surface area contributed by atoms with E-state index in [1.54, 1.807) is 12.1 Å². The van der Waals surface area contributed by atoms with Crippen molar-refractivity contribution in [2.75, 3.05) is 26.0 Å². The molecule has 0 fully saturated rings. The number of carbonyl (C=O) groups is 2. The van der Waals surface area contributed by atoms with Crippen molar-refractivity contribution in [3.63, 3.8) is 0 Å². The van der Waals surface area contributed by atoms with Crippen molar-refractivity contribution in [2.45, 2.75) is 26.8 Å². The van der Waals surface area contributed by atoms with Gasteiger partial charge < -0.3 is 9.64 Å². The van der Waals surface area contributed by atoms with Gasteiger partial charge in [-0.1, -0.05) is 13.8 Å². The van der Waals surface area contributed by atoms with Crippen LogP contribution in [0.1, 0.15) is 19.4 Å². The molecule has 0 heterocycles. The molecule has 24 heavy (non-hydrogen) atoms. The van der Waals surface area contributed by atoms with E-state index in [0.717, 1.165) is 16.2 Å². The third-order valence-corrected chi connectivity index (χ3v) is 3.75. The van der Waals surface area contributed by atoms with Gasteiger partial charge in [0.2, 0.25) is 5.91 Å². The summed E-state index contributed by atoms with van der Waals surface area (Å²) in [5.41, 5.74) is 2.00. The number of aryl methyl sites for hydroxylation is 1. The lowest BCUT2D eigenvalue weighted by molar-refractivity contribution is -0.130. The molecule has 1 aromatic carbocycles. The molecule has 1 atom stereocenters. The Balaban J connectivity index is 0.00000529. The number of nitrogens with one attached hydrogen (secondary N) is 1. The Morgan fingerprint density at radius 3 is 2.21 bits per heavy atom. The average molecular weight is 378 g/mol. The van der Waals surface area contributed by atoms with Crippen molar-refractivity contribution in [1.82, 2.24) is 9.74 Å². The summed E-state index contributed by atoms with van der Waals surface area (Å²) in [6.45, 7) is 5.59. The summed E-state index contributed by atoms with van der Waals surface area (Å²) in [4.78, 5) is 29.6. The van der Waals surface area contributed by atoms with Crippen LogP contribution < -0.4 is 14.5 Å². The lowest BCUT2D eigenvalue weighted by Crippen LogP contribution is -2.48. The molecule has 8 heteroatoms. The van der Waals surface area contributed by atoms with Crippen molar-refractivity contribution in [3.8, 4) is 5.75 Å². The molecule has 2 amide bonds. The summed E-state index contributed by atoms with van der Waals surface area (Å²) in [6.07, 6.45) is -0.746. The first-order valence-electron chi connectivity index (χ1n) is 7.32. The monoisotopic (exact) mass is 377 g/mol. The van der Waals surface area contributed by atoms with Gasteiger partial charge >= 0.3 is 6.09 Å². The fourth-order valence-corrected chi connectivity index (χ4v) is 2.46. The van der Waals surface area contributed by atoms with Gasteiger partial charge in [-0.3, -0.25) is 4.79 Å². The molecular formula is C16H25Cl2N3O3. The summed E-state index contributed by atoms with van der Waals surface area (Å²) in [5, 5.41) is 0. The first kappa shape index (κ1) is 22.5.